The summed E-state index contributed by atoms with van der Waals surface area (Å²) in [6.07, 6.45) is 1.15. The van der Waals surface area contributed by atoms with Gasteiger partial charge in [0.2, 0.25) is 0 Å². The second kappa shape index (κ2) is 4.59. The molecule has 2 aromatic rings. The van der Waals surface area contributed by atoms with Gasteiger partial charge in [0.1, 0.15) is 17.3 Å². The van der Waals surface area contributed by atoms with Crippen LogP contribution in [0.5, 0.6) is 0 Å². The lowest BCUT2D eigenvalue weighted by molar-refractivity contribution is 0.517. The molecule has 0 aliphatic rings. The fourth-order valence-electron chi connectivity index (χ4n) is 2.34. The van der Waals surface area contributed by atoms with E-state index in [1.165, 1.54) is 11.3 Å². The van der Waals surface area contributed by atoms with Crippen molar-refractivity contribution in [3.05, 3.63) is 17.1 Å². The highest BCUT2D eigenvalue weighted by molar-refractivity contribution is 5.91. The molecule has 0 spiro atoms. The predicted molar refractivity (Wildman–Crippen MR) is 75.6 cm³/mol. The van der Waals surface area contributed by atoms with E-state index in [-0.39, 0.29) is 0 Å². The molecule has 0 aliphatic carbocycles. The van der Waals surface area contributed by atoms with E-state index in [2.05, 4.69) is 42.2 Å². The number of fused-ring (bicyclic) bond motifs is 1. The quantitative estimate of drug-likeness (QED) is 0.905. The van der Waals surface area contributed by atoms with Gasteiger partial charge >= 0.3 is 0 Å². The number of hydrogen-bond acceptors (Lipinski definition) is 3. The molecule has 18 heavy (non-hydrogen) atoms. The Kier molecular flexibility index (Phi) is 3.28. The van der Waals surface area contributed by atoms with E-state index >= 15 is 0 Å². The van der Waals surface area contributed by atoms with Gasteiger partial charge in [-0.3, -0.25) is 0 Å². The Morgan fingerprint density at radius 1 is 1.17 bits per heavy atom. The van der Waals surface area contributed by atoms with E-state index in [0.717, 1.165) is 29.8 Å². The van der Waals surface area contributed by atoms with Crippen molar-refractivity contribution in [2.45, 2.75) is 47.6 Å². The maximum atomic E-state index is 6.03. The standard InChI is InChI=1S/C14H22N4/c1-8(2)6-7-18-10(4)9(3)12-13(15)16-11(5)17-14(12)18/h8H,6-7H2,1-5H3,(H2,15,16,17). The molecule has 0 amide bonds. The second-order valence-corrected chi connectivity index (χ2v) is 5.40. The summed E-state index contributed by atoms with van der Waals surface area (Å²) in [7, 11) is 0. The first-order chi connectivity index (χ1) is 8.41. The monoisotopic (exact) mass is 246 g/mol. The van der Waals surface area contributed by atoms with E-state index in [4.69, 9.17) is 5.73 Å². The van der Waals surface area contributed by atoms with E-state index in [0.29, 0.717) is 11.7 Å². The van der Waals surface area contributed by atoms with Crippen LogP contribution >= 0.6 is 0 Å². The van der Waals surface area contributed by atoms with Gasteiger partial charge in [0.15, 0.2) is 0 Å². The van der Waals surface area contributed by atoms with Crippen molar-refractivity contribution in [1.82, 2.24) is 14.5 Å². The summed E-state index contributed by atoms with van der Waals surface area (Å²) in [6.45, 7) is 11.6. The van der Waals surface area contributed by atoms with Crippen molar-refractivity contribution in [2.24, 2.45) is 5.92 Å². The first-order valence-corrected chi connectivity index (χ1v) is 6.51. The highest BCUT2D eigenvalue weighted by Crippen LogP contribution is 2.28. The van der Waals surface area contributed by atoms with Crippen molar-refractivity contribution in [3.63, 3.8) is 0 Å². The van der Waals surface area contributed by atoms with Crippen LogP contribution in [-0.4, -0.2) is 14.5 Å². The van der Waals surface area contributed by atoms with Gasteiger partial charge in [-0.2, -0.15) is 0 Å². The van der Waals surface area contributed by atoms with Crippen molar-refractivity contribution < 1.29 is 0 Å². The first-order valence-electron chi connectivity index (χ1n) is 6.51. The summed E-state index contributed by atoms with van der Waals surface area (Å²) >= 11 is 0. The van der Waals surface area contributed by atoms with Gasteiger partial charge in [-0.25, -0.2) is 9.97 Å². The number of nitrogens with zero attached hydrogens (tertiary/aromatic N) is 3. The minimum atomic E-state index is 0.599. The molecule has 0 radical (unpaired) electrons. The molecule has 2 aromatic heterocycles. The highest BCUT2D eigenvalue weighted by atomic mass is 15.1. The average Bonchev–Trinajstić information content (AvgIpc) is 2.49. The van der Waals surface area contributed by atoms with Crippen LogP contribution < -0.4 is 5.73 Å². The number of rotatable bonds is 3. The average molecular weight is 246 g/mol. The summed E-state index contributed by atoms with van der Waals surface area (Å²) in [4.78, 5) is 8.83. The minimum absolute atomic E-state index is 0.599. The minimum Gasteiger partial charge on any atom is -0.383 e. The van der Waals surface area contributed by atoms with Crippen LogP contribution in [0.15, 0.2) is 0 Å². The molecule has 98 valence electrons. The molecule has 2 heterocycles. The molecule has 0 aromatic carbocycles. The van der Waals surface area contributed by atoms with Gasteiger partial charge < -0.3 is 10.3 Å². The molecule has 0 aliphatic heterocycles. The third-order valence-electron chi connectivity index (χ3n) is 3.54. The fourth-order valence-corrected chi connectivity index (χ4v) is 2.34. The SMILES string of the molecule is Cc1nc(N)c2c(C)c(C)n(CCC(C)C)c2n1. The van der Waals surface area contributed by atoms with Crippen LogP contribution in [0.1, 0.15) is 37.4 Å². The van der Waals surface area contributed by atoms with Crippen LogP contribution in [0.3, 0.4) is 0 Å². The molecule has 0 saturated carbocycles. The molecule has 2 N–H and O–H groups in total. The number of nitrogens with two attached hydrogens (primary N) is 1. The fraction of sp³-hybridized carbons (Fsp3) is 0.571. The molecule has 0 fully saturated rings. The van der Waals surface area contributed by atoms with Gasteiger partial charge in [0, 0.05) is 12.2 Å². The van der Waals surface area contributed by atoms with Crippen LogP contribution in [0, 0.1) is 26.7 Å². The topological polar surface area (TPSA) is 56.7 Å². The third kappa shape index (κ3) is 2.07. The lowest BCUT2D eigenvalue weighted by Gasteiger charge is -2.10. The molecule has 0 bridgehead atoms. The summed E-state index contributed by atoms with van der Waals surface area (Å²) in [5.74, 6) is 2.02. The number of aromatic nitrogens is 3. The predicted octanol–water partition coefficient (Wildman–Crippen LogP) is 2.98. The van der Waals surface area contributed by atoms with Crippen molar-refractivity contribution in [1.29, 1.82) is 0 Å². The summed E-state index contributed by atoms with van der Waals surface area (Å²) in [5, 5.41) is 1.02. The second-order valence-electron chi connectivity index (χ2n) is 5.40. The normalized spacial score (nSPS) is 11.7. The molecular weight excluding hydrogens is 224 g/mol. The van der Waals surface area contributed by atoms with Crippen molar-refractivity contribution in [3.8, 4) is 0 Å². The van der Waals surface area contributed by atoms with E-state index in [9.17, 15) is 0 Å². The maximum Gasteiger partial charge on any atom is 0.146 e. The lowest BCUT2D eigenvalue weighted by atomic mass is 10.1. The number of anilines is 1. The molecule has 2 rings (SSSR count). The molecule has 0 unspecified atom stereocenters. The van der Waals surface area contributed by atoms with Gasteiger partial charge in [0.05, 0.1) is 5.39 Å². The Hall–Kier alpha value is -1.58. The van der Waals surface area contributed by atoms with Gasteiger partial charge in [-0.15, -0.1) is 0 Å². The lowest BCUT2D eigenvalue weighted by Crippen LogP contribution is -2.05. The Morgan fingerprint density at radius 3 is 2.44 bits per heavy atom. The zero-order valence-electron chi connectivity index (χ0n) is 11.9. The molecule has 4 heteroatoms. The Labute approximate surface area is 108 Å². The zero-order chi connectivity index (χ0) is 13.4. The van der Waals surface area contributed by atoms with Crippen molar-refractivity contribution in [2.75, 3.05) is 5.73 Å². The molecule has 4 nitrogen and oxygen atoms in total. The van der Waals surface area contributed by atoms with Gasteiger partial charge in [-0.05, 0) is 38.7 Å². The van der Waals surface area contributed by atoms with E-state index in [1.54, 1.807) is 0 Å². The van der Waals surface area contributed by atoms with Gasteiger partial charge in [-0.1, -0.05) is 13.8 Å². The Morgan fingerprint density at radius 2 is 1.83 bits per heavy atom. The summed E-state index contributed by atoms with van der Waals surface area (Å²) < 4.78 is 2.27. The largest absolute Gasteiger partial charge is 0.383 e. The van der Waals surface area contributed by atoms with Crippen LogP contribution in [0.2, 0.25) is 0 Å². The van der Waals surface area contributed by atoms with E-state index in [1.807, 2.05) is 6.92 Å². The Bertz CT molecular complexity index is 581. The molecule has 0 saturated heterocycles. The first kappa shape index (κ1) is 12.9. The highest BCUT2D eigenvalue weighted by Gasteiger charge is 2.16. The number of hydrogen-bond donors (Lipinski definition) is 1. The summed E-state index contributed by atoms with van der Waals surface area (Å²) in [5.41, 5.74) is 9.46. The molecule has 0 atom stereocenters. The maximum absolute atomic E-state index is 6.03. The Balaban J connectivity index is 2.61. The zero-order valence-corrected chi connectivity index (χ0v) is 11.9. The van der Waals surface area contributed by atoms with Crippen LogP contribution in [0.4, 0.5) is 5.82 Å². The number of aryl methyl sites for hydroxylation is 3. The summed E-state index contributed by atoms with van der Waals surface area (Å²) in [6, 6.07) is 0. The van der Waals surface area contributed by atoms with Crippen LogP contribution in [-0.2, 0) is 6.54 Å². The smallest absolute Gasteiger partial charge is 0.146 e. The van der Waals surface area contributed by atoms with E-state index < -0.39 is 0 Å². The third-order valence-corrected chi connectivity index (χ3v) is 3.54. The van der Waals surface area contributed by atoms with Gasteiger partial charge in [0.25, 0.3) is 0 Å². The van der Waals surface area contributed by atoms with Crippen LogP contribution in [0.25, 0.3) is 11.0 Å². The molecular formula is C14H22N4. The number of nitrogen functional groups attached to an aromatic ring is 1. The van der Waals surface area contributed by atoms with Crippen molar-refractivity contribution >= 4 is 16.9 Å².